The summed E-state index contributed by atoms with van der Waals surface area (Å²) in [5.74, 6) is -1.86. The molecule has 0 bridgehead atoms. The van der Waals surface area contributed by atoms with Gasteiger partial charge in [-0.1, -0.05) is 30.3 Å². The van der Waals surface area contributed by atoms with Crippen LogP contribution in [0.25, 0.3) is 0 Å². The zero-order valence-corrected chi connectivity index (χ0v) is 13.7. The van der Waals surface area contributed by atoms with Crippen LogP contribution < -0.4 is 4.74 Å². The molecule has 0 saturated heterocycles. The zero-order chi connectivity index (χ0) is 18.0. The summed E-state index contributed by atoms with van der Waals surface area (Å²) in [5, 5.41) is 9.61. The first-order valence-electron chi connectivity index (χ1n) is 7.93. The SMILES string of the molecule is COc1ccc(CC(=O)N2CCc3ccccc3C2C(=O)O)cc1F. The van der Waals surface area contributed by atoms with Gasteiger partial charge in [-0.05, 0) is 35.2 Å². The number of ether oxygens (including phenoxy) is 1. The molecule has 1 amide bonds. The minimum atomic E-state index is -1.07. The van der Waals surface area contributed by atoms with Crippen molar-refractivity contribution < 1.29 is 23.8 Å². The minimum Gasteiger partial charge on any atom is -0.494 e. The number of rotatable bonds is 4. The number of carboxylic acids is 1. The van der Waals surface area contributed by atoms with Gasteiger partial charge in [-0.2, -0.15) is 0 Å². The monoisotopic (exact) mass is 343 g/mol. The molecule has 1 aliphatic rings. The molecular formula is C19H18FNO4. The normalized spacial score (nSPS) is 16.2. The molecule has 0 aliphatic carbocycles. The quantitative estimate of drug-likeness (QED) is 0.927. The number of amides is 1. The number of carboxylic acid groups (broad SMARTS) is 1. The Labute approximate surface area is 144 Å². The van der Waals surface area contributed by atoms with E-state index in [0.717, 1.165) is 5.56 Å². The van der Waals surface area contributed by atoms with Crippen LogP contribution >= 0.6 is 0 Å². The summed E-state index contributed by atoms with van der Waals surface area (Å²) in [7, 11) is 1.37. The van der Waals surface area contributed by atoms with Crippen LogP contribution in [-0.2, 0) is 22.4 Å². The molecule has 1 unspecified atom stereocenters. The highest BCUT2D eigenvalue weighted by Crippen LogP contribution is 2.30. The number of methoxy groups -OCH3 is 1. The van der Waals surface area contributed by atoms with Crippen molar-refractivity contribution in [1.82, 2.24) is 4.90 Å². The van der Waals surface area contributed by atoms with E-state index in [1.165, 1.54) is 24.1 Å². The molecule has 25 heavy (non-hydrogen) atoms. The maximum absolute atomic E-state index is 13.8. The van der Waals surface area contributed by atoms with Crippen molar-refractivity contribution in [3.8, 4) is 5.75 Å². The van der Waals surface area contributed by atoms with Crippen molar-refractivity contribution in [2.75, 3.05) is 13.7 Å². The largest absolute Gasteiger partial charge is 0.494 e. The van der Waals surface area contributed by atoms with Crippen molar-refractivity contribution in [2.24, 2.45) is 0 Å². The Hall–Kier alpha value is -2.89. The second-order valence-corrected chi connectivity index (χ2v) is 5.92. The standard InChI is InChI=1S/C19H18FNO4/c1-25-16-7-6-12(10-15(16)20)11-17(22)21-9-8-13-4-2-3-5-14(13)18(21)19(23)24/h2-7,10,18H,8-9,11H2,1H3,(H,23,24). The molecule has 130 valence electrons. The number of fused-ring (bicyclic) bond motifs is 1. The maximum Gasteiger partial charge on any atom is 0.331 e. The van der Waals surface area contributed by atoms with Gasteiger partial charge in [-0.25, -0.2) is 9.18 Å². The molecule has 3 rings (SSSR count). The van der Waals surface area contributed by atoms with Crippen molar-refractivity contribution >= 4 is 11.9 Å². The number of halogens is 1. The summed E-state index contributed by atoms with van der Waals surface area (Å²) >= 11 is 0. The van der Waals surface area contributed by atoms with Crippen molar-refractivity contribution in [1.29, 1.82) is 0 Å². The van der Waals surface area contributed by atoms with Crippen LogP contribution in [0.15, 0.2) is 42.5 Å². The maximum atomic E-state index is 13.8. The minimum absolute atomic E-state index is 0.0626. The second-order valence-electron chi connectivity index (χ2n) is 5.92. The summed E-state index contributed by atoms with van der Waals surface area (Å²) in [5.41, 5.74) is 2.05. The Morgan fingerprint density at radius 1 is 1.28 bits per heavy atom. The number of aliphatic carboxylic acids is 1. The van der Waals surface area contributed by atoms with E-state index in [-0.39, 0.29) is 18.1 Å². The number of nitrogens with zero attached hydrogens (tertiary/aromatic N) is 1. The zero-order valence-electron chi connectivity index (χ0n) is 13.7. The smallest absolute Gasteiger partial charge is 0.331 e. The topological polar surface area (TPSA) is 66.8 Å². The van der Waals surface area contributed by atoms with Crippen LogP contribution in [0, 0.1) is 5.82 Å². The highest BCUT2D eigenvalue weighted by Gasteiger charge is 2.35. The summed E-state index contributed by atoms with van der Waals surface area (Å²) in [6.45, 7) is 0.325. The van der Waals surface area contributed by atoms with E-state index in [0.29, 0.717) is 24.1 Å². The van der Waals surface area contributed by atoms with Crippen LogP contribution in [0.1, 0.15) is 22.7 Å². The molecule has 0 saturated carbocycles. The number of hydrogen-bond acceptors (Lipinski definition) is 3. The summed E-state index contributed by atoms with van der Waals surface area (Å²) in [6, 6.07) is 10.5. The molecule has 1 atom stereocenters. The first kappa shape index (κ1) is 17.0. The van der Waals surface area contributed by atoms with E-state index in [1.807, 2.05) is 12.1 Å². The molecule has 0 spiro atoms. The average Bonchev–Trinajstić information content (AvgIpc) is 2.60. The van der Waals surface area contributed by atoms with Crippen molar-refractivity contribution in [3.05, 3.63) is 65.0 Å². The first-order valence-corrected chi connectivity index (χ1v) is 7.93. The molecule has 1 aliphatic heterocycles. The highest BCUT2D eigenvalue weighted by molar-refractivity contribution is 5.86. The molecule has 1 N–H and O–H groups in total. The molecule has 0 fully saturated rings. The molecule has 0 aromatic heterocycles. The summed E-state index contributed by atoms with van der Waals surface area (Å²) < 4.78 is 18.7. The Bertz CT molecular complexity index is 821. The van der Waals surface area contributed by atoms with Gasteiger partial charge in [0.2, 0.25) is 5.91 Å². The third-order valence-electron chi connectivity index (χ3n) is 4.41. The average molecular weight is 343 g/mol. The van der Waals surface area contributed by atoms with Gasteiger partial charge in [-0.3, -0.25) is 4.79 Å². The Morgan fingerprint density at radius 2 is 2.04 bits per heavy atom. The molecule has 6 heteroatoms. The molecule has 5 nitrogen and oxygen atoms in total. The van der Waals surface area contributed by atoms with Crippen molar-refractivity contribution in [3.63, 3.8) is 0 Å². The van der Waals surface area contributed by atoms with E-state index in [2.05, 4.69) is 0 Å². The number of carbonyl (C=O) groups excluding carboxylic acids is 1. The van der Waals surface area contributed by atoms with E-state index in [1.54, 1.807) is 18.2 Å². The molecule has 2 aromatic rings. The molecule has 2 aromatic carbocycles. The van der Waals surface area contributed by atoms with Crippen LogP contribution in [-0.4, -0.2) is 35.5 Å². The fourth-order valence-electron chi connectivity index (χ4n) is 3.20. The van der Waals surface area contributed by atoms with Gasteiger partial charge < -0.3 is 14.7 Å². The van der Waals surface area contributed by atoms with Crippen LogP contribution in [0.4, 0.5) is 4.39 Å². The summed E-state index contributed by atoms with van der Waals surface area (Å²) in [6.07, 6.45) is 0.537. The Kier molecular flexibility index (Phi) is 4.70. The molecule has 0 radical (unpaired) electrons. The van der Waals surface area contributed by atoms with Gasteiger partial charge in [0.1, 0.15) is 0 Å². The van der Waals surface area contributed by atoms with Gasteiger partial charge in [0.15, 0.2) is 17.6 Å². The third-order valence-corrected chi connectivity index (χ3v) is 4.41. The lowest BCUT2D eigenvalue weighted by Crippen LogP contribution is -2.44. The fraction of sp³-hybridized carbons (Fsp3) is 0.263. The lowest BCUT2D eigenvalue weighted by atomic mass is 9.92. The van der Waals surface area contributed by atoms with E-state index >= 15 is 0 Å². The first-order chi connectivity index (χ1) is 12.0. The van der Waals surface area contributed by atoms with Crippen LogP contribution in [0.2, 0.25) is 0 Å². The van der Waals surface area contributed by atoms with Gasteiger partial charge >= 0.3 is 5.97 Å². The van der Waals surface area contributed by atoms with E-state index < -0.39 is 17.8 Å². The lowest BCUT2D eigenvalue weighted by Gasteiger charge is -2.34. The number of benzene rings is 2. The van der Waals surface area contributed by atoms with Crippen LogP contribution in [0.3, 0.4) is 0 Å². The number of carbonyl (C=O) groups is 2. The van der Waals surface area contributed by atoms with Gasteiger partial charge in [0, 0.05) is 6.54 Å². The predicted octanol–water partition coefficient (Wildman–Crippen LogP) is 2.59. The van der Waals surface area contributed by atoms with Crippen LogP contribution in [0.5, 0.6) is 5.75 Å². The Morgan fingerprint density at radius 3 is 2.72 bits per heavy atom. The van der Waals surface area contributed by atoms with E-state index in [9.17, 15) is 19.1 Å². The highest BCUT2D eigenvalue weighted by atomic mass is 19.1. The van der Waals surface area contributed by atoms with Gasteiger partial charge in [0.05, 0.1) is 13.5 Å². The number of hydrogen-bond donors (Lipinski definition) is 1. The van der Waals surface area contributed by atoms with E-state index in [4.69, 9.17) is 4.74 Å². The third kappa shape index (κ3) is 3.33. The van der Waals surface area contributed by atoms with Gasteiger partial charge in [0.25, 0.3) is 0 Å². The Balaban J connectivity index is 1.84. The lowest BCUT2D eigenvalue weighted by molar-refractivity contribution is -0.151. The fourth-order valence-corrected chi connectivity index (χ4v) is 3.20. The second kappa shape index (κ2) is 6.93. The predicted molar refractivity (Wildman–Crippen MR) is 88.9 cm³/mol. The van der Waals surface area contributed by atoms with Gasteiger partial charge in [-0.15, -0.1) is 0 Å². The van der Waals surface area contributed by atoms with Crippen molar-refractivity contribution in [2.45, 2.75) is 18.9 Å². The summed E-state index contributed by atoms with van der Waals surface area (Å²) in [4.78, 5) is 25.8. The molecular weight excluding hydrogens is 325 g/mol. The molecule has 1 heterocycles.